The number of carbonyl (C=O) groups is 3. The van der Waals surface area contributed by atoms with E-state index >= 15 is 0 Å². The minimum absolute atomic E-state index is 0.0402. The van der Waals surface area contributed by atoms with E-state index < -0.39 is 17.8 Å². The Kier molecular flexibility index (Phi) is 4.93. The number of esters is 1. The molecular weight excluding hydrogens is 300 g/mol. The van der Waals surface area contributed by atoms with Crippen LogP contribution in [0.25, 0.3) is 0 Å². The fourth-order valence-electron chi connectivity index (χ4n) is 1.71. The molecule has 0 saturated carbocycles. The largest absolute Gasteiger partial charge is 0.508 e. The lowest BCUT2D eigenvalue weighted by Crippen LogP contribution is -2.41. The summed E-state index contributed by atoms with van der Waals surface area (Å²) in [7, 11) is 0. The van der Waals surface area contributed by atoms with Crippen molar-refractivity contribution in [2.45, 2.75) is 6.92 Å². The molecule has 0 radical (unpaired) electrons. The van der Waals surface area contributed by atoms with E-state index in [0.29, 0.717) is 5.75 Å². The highest BCUT2D eigenvalue weighted by Crippen LogP contribution is 2.12. The number of phenols is 1. The molecule has 0 fully saturated rings. The zero-order valence-corrected chi connectivity index (χ0v) is 12.2. The predicted molar refractivity (Wildman–Crippen MR) is 80.8 cm³/mol. The lowest BCUT2D eigenvalue weighted by Gasteiger charge is -2.08. The third-order valence-corrected chi connectivity index (χ3v) is 2.80. The second kappa shape index (κ2) is 7.08. The fourth-order valence-corrected chi connectivity index (χ4v) is 1.71. The van der Waals surface area contributed by atoms with Gasteiger partial charge >= 0.3 is 5.97 Å². The molecule has 0 aromatic heterocycles. The smallest absolute Gasteiger partial charge is 0.308 e. The number of hydrogen-bond acceptors (Lipinski definition) is 5. The Morgan fingerprint density at radius 3 is 1.70 bits per heavy atom. The van der Waals surface area contributed by atoms with E-state index in [0.717, 1.165) is 0 Å². The monoisotopic (exact) mass is 314 g/mol. The quantitative estimate of drug-likeness (QED) is 0.451. The van der Waals surface area contributed by atoms with E-state index in [1.165, 1.54) is 55.5 Å². The van der Waals surface area contributed by atoms with Gasteiger partial charge in [0, 0.05) is 18.1 Å². The molecule has 7 nitrogen and oxygen atoms in total. The third-order valence-electron chi connectivity index (χ3n) is 2.80. The van der Waals surface area contributed by atoms with E-state index in [4.69, 9.17) is 9.84 Å². The molecule has 2 aromatic rings. The Morgan fingerprint density at radius 2 is 1.26 bits per heavy atom. The van der Waals surface area contributed by atoms with Crippen LogP contribution in [0, 0.1) is 0 Å². The number of carbonyl (C=O) groups excluding carboxylic acids is 3. The van der Waals surface area contributed by atoms with Crippen molar-refractivity contribution in [3.8, 4) is 11.5 Å². The van der Waals surface area contributed by atoms with Gasteiger partial charge in [0.15, 0.2) is 0 Å². The first-order chi connectivity index (χ1) is 11.0. The molecular formula is C16H14N2O5. The summed E-state index contributed by atoms with van der Waals surface area (Å²) < 4.78 is 4.85. The van der Waals surface area contributed by atoms with Gasteiger partial charge in [0.1, 0.15) is 11.5 Å². The van der Waals surface area contributed by atoms with Crippen LogP contribution in [0.5, 0.6) is 11.5 Å². The first kappa shape index (κ1) is 16.0. The number of hydrogen-bond donors (Lipinski definition) is 3. The lowest BCUT2D eigenvalue weighted by atomic mass is 10.2. The summed E-state index contributed by atoms with van der Waals surface area (Å²) in [6.45, 7) is 1.28. The van der Waals surface area contributed by atoms with Gasteiger partial charge in [-0.15, -0.1) is 0 Å². The van der Waals surface area contributed by atoms with E-state index in [1.54, 1.807) is 0 Å². The van der Waals surface area contributed by atoms with Gasteiger partial charge in [0.2, 0.25) is 0 Å². The fraction of sp³-hybridized carbons (Fsp3) is 0.0625. The Labute approximate surface area is 131 Å². The molecule has 2 amide bonds. The molecule has 2 rings (SSSR count). The van der Waals surface area contributed by atoms with Gasteiger partial charge in [-0.1, -0.05) is 0 Å². The van der Waals surface area contributed by atoms with Gasteiger partial charge in [-0.05, 0) is 48.5 Å². The highest BCUT2D eigenvalue weighted by molar-refractivity contribution is 5.99. The van der Waals surface area contributed by atoms with Crippen LogP contribution in [-0.4, -0.2) is 22.9 Å². The molecule has 118 valence electrons. The van der Waals surface area contributed by atoms with Crippen molar-refractivity contribution < 1.29 is 24.2 Å². The van der Waals surface area contributed by atoms with Gasteiger partial charge in [-0.3, -0.25) is 25.2 Å². The Balaban J connectivity index is 1.92. The van der Waals surface area contributed by atoms with Crippen LogP contribution in [0.4, 0.5) is 0 Å². The second-order valence-corrected chi connectivity index (χ2v) is 4.57. The molecule has 0 atom stereocenters. The normalized spacial score (nSPS) is 9.78. The number of benzene rings is 2. The predicted octanol–water partition coefficient (Wildman–Crippen LogP) is 1.39. The van der Waals surface area contributed by atoms with Gasteiger partial charge in [0.05, 0.1) is 0 Å². The Bertz CT molecular complexity index is 723. The molecule has 2 aromatic carbocycles. The van der Waals surface area contributed by atoms with Crippen LogP contribution >= 0.6 is 0 Å². The summed E-state index contributed by atoms with van der Waals surface area (Å²) in [4.78, 5) is 34.5. The maximum Gasteiger partial charge on any atom is 0.308 e. The molecule has 3 N–H and O–H groups in total. The van der Waals surface area contributed by atoms with Crippen molar-refractivity contribution in [2.24, 2.45) is 0 Å². The number of ether oxygens (including phenoxy) is 1. The van der Waals surface area contributed by atoms with Crippen molar-refractivity contribution in [3.63, 3.8) is 0 Å². The number of nitrogens with one attached hydrogen (secondary N) is 2. The van der Waals surface area contributed by atoms with Crippen molar-refractivity contribution in [1.82, 2.24) is 10.9 Å². The molecule has 7 heteroatoms. The van der Waals surface area contributed by atoms with Crippen molar-refractivity contribution >= 4 is 17.8 Å². The SMILES string of the molecule is CC(=O)Oc1ccc(C(=O)NNC(=O)c2ccc(O)cc2)cc1. The average Bonchev–Trinajstić information content (AvgIpc) is 2.53. The van der Waals surface area contributed by atoms with E-state index in [1.807, 2.05) is 0 Å². The Morgan fingerprint density at radius 1 is 0.826 bits per heavy atom. The summed E-state index contributed by atoms with van der Waals surface area (Å²) in [6, 6.07) is 11.4. The second-order valence-electron chi connectivity index (χ2n) is 4.57. The van der Waals surface area contributed by atoms with Crippen LogP contribution in [0.1, 0.15) is 27.6 Å². The molecule has 0 spiro atoms. The van der Waals surface area contributed by atoms with Crippen LogP contribution in [0.15, 0.2) is 48.5 Å². The number of amides is 2. The van der Waals surface area contributed by atoms with Crippen molar-refractivity contribution in [1.29, 1.82) is 0 Å². The highest BCUT2D eigenvalue weighted by atomic mass is 16.5. The Hall–Kier alpha value is -3.35. The minimum Gasteiger partial charge on any atom is -0.508 e. The molecule has 0 aliphatic heterocycles. The molecule has 0 unspecified atom stereocenters. The third kappa shape index (κ3) is 4.57. The van der Waals surface area contributed by atoms with Crippen molar-refractivity contribution in [3.05, 3.63) is 59.7 Å². The molecule has 0 bridgehead atoms. The van der Waals surface area contributed by atoms with E-state index in [-0.39, 0.29) is 16.9 Å². The van der Waals surface area contributed by atoms with Crippen LogP contribution in [-0.2, 0) is 4.79 Å². The highest BCUT2D eigenvalue weighted by Gasteiger charge is 2.09. The number of hydrazine groups is 1. The summed E-state index contributed by atoms with van der Waals surface area (Å²) in [5, 5.41) is 9.15. The summed E-state index contributed by atoms with van der Waals surface area (Å²) >= 11 is 0. The minimum atomic E-state index is -0.522. The summed E-state index contributed by atoms with van der Waals surface area (Å²) in [5.74, 6) is -1.13. The molecule has 0 saturated heterocycles. The van der Waals surface area contributed by atoms with Crippen molar-refractivity contribution in [2.75, 3.05) is 0 Å². The first-order valence-electron chi connectivity index (χ1n) is 6.64. The van der Waals surface area contributed by atoms with Gasteiger partial charge < -0.3 is 9.84 Å². The van der Waals surface area contributed by atoms with Gasteiger partial charge in [0.25, 0.3) is 11.8 Å². The average molecular weight is 314 g/mol. The summed E-state index contributed by atoms with van der Waals surface area (Å²) in [6.07, 6.45) is 0. The molecule has 0 aliphatic rings. The maximum atomic E-state index is 11.9. The van der Waals surface area contributed by atoms with Crippen LogP contribution in [0.2, 0.25) is 0 Å². The maximum absolute atomic E-state index is 11.9. The topological polar surface area (TPSA) is 105 Å². The van der Waals surface area contributed by atoms with Gasteiger partial charge in [-0.2, -0.15) is 0 Å². The zero-order chi connectivity index (χ0) is 16.8. The zero-order valence-electron chi connectivity index (χ0n) is 12.2. The number of phenolic OH excluding ortho intramolecular Hbond substituents is 1. The molecule has 23 heavy (non-hydrogen) atoms. The molecule has 0 heterocycles. The summed E-state index contributed by atoms with van der Waals surface area (Å²) in [5.41, 5.74) is 5.09. The first-order valence-corrected chi connectivity index (χ1v) is 6.64. The number of rotatable bonds is 3. The van der Waals surface area contributed by atoms with Crippen LogP contribution < -0.4 is 15.6 Å². The van der Waals surface area contributed by atoms with Crippen LogP contribution in [0.3, 0.4) is 0 Å². The van der Waals surface area contributed by atoms with E-state index in [2.05, 4.69) is 10.9 Å². The standard InChI is InChI=1S/C16H14N2O5/c1-10(19)23-14-8-4-12(5-9-14)16(22)18-17-15(21)11-2-6-13(20)7-3-11/h2-9,20H,1H3,(H,17,21)(H,18,22). The van der Waals surface area contributed by atoms with E-state index in [9.17, 15) is 14.4 Å². The molecule has 0 aliphatic carbocycles. The number of aromatic hydroxyl groups is 1. The lowest BCUT2D eigenvalue weighted by molar-refractivity contribution is -0.131. The van der Waals surface area contributed by atoms with Gasteiger partial charge in [-0.25, -0.2) is 0 Å².